The average Bonchev–Trinajstić information content (AvgIpc) is 3.37. The van der Waals surface area contributed by atoms with Gasteiger partial charge in [-0.2, -0.15) is 13.2 Å². The Balaban J connectivity index is 0.000000318. The number of amides is 1. The second-order valence-electron chi connectivity index (χ2n) is 7.55. The van der Waals surface area contributed by atoms with Crippen LogP contribution in [0.1, 0.15) is 16.2 Å². The number of hydrogen-bond donors (Lipinski definition) is 1. The van der Waals surface area contributed by atoms with Gasteiger partial charge in [0.25, 0.3) is 5.91 Å². The molecule has 1 N–H and O–H groups in total. The Bertz CT molecular complexity index is 871. The molecule has 1 amide bonds. The maximum atomic E-state index is 12.6. The SMILES string of the molecule is Cn1ccnc1CN1C[C@@H]2CN(C(=O)c3ccccc3)C[C@@H]2C1.O=C(O)C(F)(F)F. The van der Waals surface area contributed by atoms with Gasteiger partial charge in [0.15, 0.2) is 0 Å². The van der Waals surface area contributed by atoms with E-state index in [1.54, 1.807) is 0 Å². The molecule has 2 aromatic rings. The molecule has 2 saturated heterocycles. The van der Waals surface area contributed by atoms with Crippen molar-refractivity contribution in [3.63, 3.8) is 0 Å². The summed E-state index contributed by atoms with van der Waals surface area (Å²) in [6.45, 7) is 4.81. The number of aryl methyl sites for hydroxylation is 1. The molecule has 2 fully saturated rings. The van der Waals surface area contributed by atoms with Gasteiger partial charge in [-0.15, -0.1) is 0 Å². The lowest BCUT2D eigenvalue weighted by Crippen LogP contribution is -2.33. The summed E-state index contributed by atoms with van der Waals surface area (Å²) >= 11 is 0. The summed E-state index contributed by atoms with van der Waals surface area (Å²) in [6.07, 6.45) is -1.24. The Morgan fingerprint density at radius 3 is 2.13 bits per heavy atom. The lowest BCUT2D eigenvalue weighted by Gasteiger charge is -2.21. The predicted octanol–water partition coefficient (Wildman–Crippen LogP) is 2.26. The highest BCUT2D eigenvalue weighted by Gasteiger charge is 2.41. The number of hydrogen-bond acceptors (Lipinski definition) is 4. The Labute approximate surface area is 171 Å². The molecule has 4 rings (SSSR count). The number of carbonyl (C=O) groups excluding carboxylic acids is 1. The van der Waals surface area contributed by atoms with E-state index in [1.807, 2.05) is 54.7 Å². The minimum atomic E-state index is -5.08. The lowest BCUT2D eigenvalue weighted by atomic mass is 10.0. The molecule has 3 heterocycles. The highest BCUT2D eigenvalue weighted by Crippen LogP contribution is 2.32. The fourth-order valence-electron chi connectivity index (χ4n) is 3.90. The number of rotatable bonds is 3. The lowest BCUT2D eigenvalue weighted by molar-refractivity contribution is -0.192. The van der Waals surface area contributed by atoms with E-state index >= 15 is 0 Å². The standard InChI is InChI=1S/C18H22N4O.C2HF3O2/c1-20-8-7-19-17(20)13-21-9-15-11-22(12-16(15)10-21)18(23)14-5-3-2-4-6-14;3-2(4,5)1(6)7/h2-8,15-16H,9-13H2,1H3;(H,6,7)/t15-,16+;. The monoisotopic (exact) mass is 424 g/mol. The Morgan fingerprint density at radius 1 is 1.10 bits per heavy atom. The first-order valence-corrected chi connectivity index (χ1v) is 9.48. The van der Waals surface area contributed by atoms with Crippen LogP contribution in [-0.2, 0) is 18.4 Å². The van der Waals surface area contributed by atoms with Crippen molar-refractivity contribution in [3.05, 3.63) is 54.1 Å². The van der Waals surface area contributed by atoms with E-state index in [0.717, 1.165) is 44.1 Å². The van der Waals surface area contributed by atoms with Gasteiger partial charge >= 0.3 is 12.1 Å². The number of fused-ring (bicyclic) bond motifs is 1. The zero-order chi connectivity index (χ0) is 21.9. The number of aromatic nitrogens is 2. The molecular weight excluding hydrogens is 401 g/mol. The number of aliphatic carboxylic acids is 1. The Kier molecular flexibility index (Phi) is 6.45. The van der Waals surface area contributed by atoms with E-state index in [1.165, 1.54) is 0 Å². The minimum absolute atomic E-state index is 0.177. The van der Waals surface area contributed by atoms with Gasteiger partial charge in [0.1, 0.15) is 5.82 Å². The van der Waals surface area contributed by atoms with Crippen LogP contribution in [0.2, 0.25) is 0 Å². The molecule has 2 atom stereocenters. The van der Waals surface area contributed by atoms with E-state index in [-0.39, 0.29) is 5.91 Å². The van der Waals surface area contributed by atoms with Gasteiger partial charge in [0, 0.05) is 51.2 Å². The first-order valence-electron chi connectivity index (χ1n) is 9.48. The third-order valence-electron chi connectivity index (χ3n) is 5.40. The van der Waals surface area contributed by atoms with Crippen molar-refractivity contribution in [2.24, 2.45) is 18.9 Å². The van der Waals surface area contributed by atoms with Crippen molar-refractivity contribution in [2.45, 2.75) is 12.7 Å². The predicted molar refractivity (Wildman–Crippen MR) is 102 cm³/mol. The van der Waals surface area contributed by atoms with Crippen molar-refractivity contribution in [1.82, 2.24) is 19.4 Å². The van der Waals surface area contributed by atoms with E-state index in [2.05, 4.69) is 14.5 Å². The van der Waals surface area contributed by atoms with Gasteiger partial charge in [-0.3, -0.25) is 9.69 Å². The number of imidazole rings is 1. The molecule has 0 radical (unpaired) electrons. The van der Waals surface area contributed by atoms with Crippen LogP contribution in [0.4, 0.5) is 13.2 Å². The molecule has 10 heteroatoms. The molecule has 0 saturated carbocycles. The maximum absolute atomic E-state index is 12.6. The number of nitrogens with zero attached hydrogens (tertiary/aromatic N) is 4. The second-order valence-corrected chi connectivity index (χ2v) is 7.55. The van der Waals surface area contributed by atoms with Crippen molar-refractivity contribution in [1.29, 1.82) is 0 Å². The first-order chi connectivity index (χ1) is 14.1. The molecule has 162 valence electrons. The van der Waals surface area contributed by atoms with Crippen molar-refractivity contribution >= 4 is 11.9 Å². The quantitative estimate of drug-likeness (QED) is 0.818. The maximum Gasteiger partial charge on any atom is 0.490 e. The highest BCUT2D eigenvalue weighted by molar-refractivity contribution is 5.94. The van der Waals surface area contributed by atoms with Crippen LogP contribution in [0.3, 0.4) is 0 Å². The molecule has 1 aromatic carbocycles. The van der Waals surface area contributed by atoms with Crippen molar-refractivity contribution < 1.29 is 27.9 Å². The van der Waals surface area contributed by atoms with Gasteiger partial charge < -0.3 is 14.6 Å². The third-order valence-corrected chi connectivity index (χ3v) is 5.40. The van der Waals surface area contributed by atoms with Crippen LogP contribution in [0.5, 0.6) is 0 Å². The summed E-state index contributed by atoms with van der Waals surface area (Å²) in [5.74, 6) is -0.267. The number of benzene rings is 1. The molecule has 0 spiro atoms. The Hall–Kier alpha value is -2.88. The molecule has 2 aliphatic heterocycles. The number of carboxylic acids is 1. The Morgan fingerprint density at radius 2 is 1.67 bits per heavy atom. The summed E-state index contributed by atoms with van der Waals surface area (Å²) in [7, 11) is 2.04. The van der Waals surface area contributed by atoms with Crippen LogP contribution in [0, 0.1) is 11.8 Å². The first kappa shape index (κ1) is 21.8. The number of alkyl halides is 3. The fraction of sp³-hybridized carbons (Fsp3) is 0.450. The largest absolute Gasteiger partial charge is 0.490 e. The third kappa shape index (κ3) is 5.18. The molecule has 1 aromatic heterocycles. The number of carbonyl (C=O) groups is 2. The summed E-state index contributed by atoms with van der Waals surface area (Å²) in [5.41, 5.74) is 0.803. The molecule has 2 aliphatic rings. The topological polar surface area (TPSA) is 78.7 Å². The van der Waals surface area contributed by atoms with Gasteiger partial charge in [-0.1, -0.05) is 18.2 Å². The van der Waals surface area contributed by atoms with E-state index < -0.39 is 12.1 Å². The summed E-state index contributed by atoms with van der Waals surface area (Å²) < 4.78 is 33.8. The van der Waals surface area contributed by atoms with Crippen LogP contribution < -0.4 is 0 Å². The molecule has 7 nitrogen and oxygen atoms in total. The van der Waals surface area contributed by atoms with E-state index in [4.69, 9.17) is 9.90 Å². The van der Waals surface area contributed by atoms with Crippen LogP contribution in [-0.4, -0.2) is 68.7 Å². The van der Waals surface area contributed by atoms with Gasteiger partial charge in [-0.25, -0.2) is 9.78 Å². The highest BCUT2D eigenvalue weighted by atomic mass is 19.4. The smallest absolute Gasteiger partial charge is 0.475 e. The number of likely N-dealkylation sites (tertiary alicyclic amines) is 2. The van der Waals surface area contributed by atoms with Crippen LogP contribution in [0.25, 0.3) is 0 Å². The average molecular weight is 424 g/mol. The van der Waals surface area contributed by atoms with Crippen molar-refractivity contribution in [2.75, 3.05) is 26.2 Å². The van der Waals surface area contributed by atoms with E-state index in [9.17, 15) is 18.0 Å². The van der Waals surface area contributed by atoms with Gasteiger partial charge in [0.05, 0.1) is 6.54 Å². The minimum Gasteiger partial charge on any atom is -0.475 e. The summed E-state index contributed by atoms with van der Waals surface area (Å²) in [6, 6.07) is 9.62. The second kappa shape index (κ2) is 8.86. The normalized spacial score (nSPS) is 21.1. The summed E-state index contributed by atoms with van der Waals surface area (Å²) in [5, 5.41) is 7.12. The molecular formula is C20H23F3N4O3. The fourth-order valence-corrected chi connectivity index (χ4v) is 3.90. The summed E-state index contributed by atoms with van der Waals surface area (Å²) in [4.78, 5) is 30.4. The zero-order valence-electron chi connectivity index (χ0n) is 16.4. The molecule has 30 heavy (non-hydrogen) atoms. The van der Waals surface area contributed by atoms with Gasteiger partial charge in [0.2, 0.25) is 0 Å². The molecule has 0 aliphatic carbocycles. The van der Waals surface area contributed by atoms with Gasteiger partial charge in [-0.05, 0) is 24.0 Å². The number of carboxylic acid groups (broad SMARTS) is 1. The molecule has 0 unspecified atom stereocenters. The number of halogens is 3. The van der Waals surface area contributed by atoms with Crippen molar-refractivity contribution in [3.8, 4) is 0 Å². The van der Waals surface area contributed by atoms with Crippen LogP contribution in [0.15, 0.2) is 42.7 Å². The van der Waals surface area contributed by atoms with E-state index in [0.29, 0.717) is 11.8 Å². The van der Waals surface area contributed by atoms with Crippen LogP contribution >= 0.6 is 0 Å². The zero-order valence-corrected chi connectivity index (χ0v) is 16.4. The molecule has 0 bridgehead atoms.